The van der Waals surface area contributed by atoms with Crippen LogP contribution in [0.3, 0.4) is 0 Å². The average molecular weight is 428 g/mol. The van der Waals surface area contributed by atoms with Gasteiger partial charge in [-0.15, -0.1) is 0 Å². The van der Waals surface area contributed by atoms with Gasteiger partial charge in [0.25, 0.3) is 0 Å². The molecule has 166 valence electrons. The third kappa shape index (κ3) is 9.41. The number of benzene rings is 2. The molecule has 0 aliphatic carbocycles. The summed E-state index contributed by atoms with van der Waals surface area (Å²) in [6.07, 6.45) is 0. The van der Waals surface area contributed by atoms with E-state index in [1.165, 1.54) is 12.0 Å². The minimum Gasteiger partial charge on any atom is -0.383 e. The summed E-state index contributed by atoms with van der Waals surface area (Å²) >= 11 is 0. The van der Waals surface area contributed by atoms with Crippen molar-refractivity contribution in [3.63, 3.8) is 0 Å². The van der Waals surface area contributed by atoms with E-state index in [4.69, 9.17) is 9.47 Å². The summed E-state index contributed by atoms with van der Waals surface area (Å²) in [7, 11) is 1.52. The molecule has 3 amide bonds. The first-order valence-electron chi connectivity index (χ1n) is 9.99. The molecule has 0 fully saturated rings. The Bertz CT molecular complexity index is 840. The van der Waals surface area contributed by atoms with Crippen LogP contribution < -0.4 is 10.6 Å². The van der Waals surface area contributed by atoms with Gasteiger partial charge in [0.1, 0.15) is 6.61 Å². The first-order valence-corrected chi connectivity index (χ1v) is 9.99. The van der Waals surface area contributed by atoms with Crippen molar-refractivity contribution in [1.82, 2.24) is 10.2 Å². The Labute approximate surface area is 182 Å². The predicted molar refractivity (Wildman–Crippen MR) is 117 cm³/mol. The van der Waals surface area contributed by atoms with Crippen molar-refractivity contribution in [2.24, 2.45) is 0 Å². The summed E-state index contributed by atoms with van der Waals surface area (Å²) in [5, 5.41) is 5.24. The van der Waals surface area contributed by atoms with Gasteiger partial charge >= 0.3 is 0 Å². The van der Waals surface area contributed by atoms with Crippen LogP contribution in [0.4, 0.5) is 5.69 Å². The maximum absolute atomic E-state index is 12.5. The molecule has 2 aromatic rings. The number of methoxy groups -OCH3 is 1. The highest BCUT2D eigenvalue weighted by Crippen LogP contribution is 2.08. The van der Waals surface area contributed by atoms with Crippen LogP contribution in [0.2, 0.25) is 0 Å². The van der Waals surface area contributed by atoms with Crippen LogP contribution in [-0.2, 0) is 30.5 Å². The lowest BCUT2D eigenvalue weighted by atomic mass is 10.2. The first kappa shape index (κ1) is 24.0. The van der Waals surface area contributed by atoms with E-state index < -0.39 is 5.91 Å². The quantitative estimate of drug-likeness (QED) is 0.538. The lowest BCUT2D eigenvalue weighted by Crippen LogP contribution is -2.45. The van der Waals surface area contributed by atoms with Gasteiger partial charge in [0.05, 0.1) is 26.3 Å². The van der Waals surface area contributed by atoms with E-state index in [9.17, 15) is 14.4 Å². The third-order valence-corrected chi connectivity index (χ3v) is 4.37. The Hall–Kier alpha value is -3.23. The van der Waals surface area contributed by atoms with Gasteiger partial charge in [0.15, 0.2) is 0 Å². The van der Waals surface area contributed by atoms with E-state index in [1.807, 2.05) is 49.4 Å². The van der Waals surface area contributed by atoms with Gasteiger partial charge in [0, 0.05) is 19.3 Å². The SMILES string of the molecule is COCCN(CC(=O)NCC(=O)Nc1ccc(C)cc1)C(=O)COCc1ccccc1. The second-order valence-corrected chi connectivity index (χ2v) is 6.98. The molecule has 0 aliphatic rings. The standard InChI is InChI=1S/C23H29N3O5/c1-18-8-10-20(11-9-18)25-21(27)14-24-22(28)15-26(12-13-30-2)23(29)17-31-16-19-6-4-3-5-7-19/h3-11H,12-17H2,1-2H3,(H,24,28)(H,25,27). The molecular weight excluding hydrogens is 398 g/mol. The Morgan fingerprint density at radius 1 is 0.968 bits per heavy atom. The van der Waals surface area contributed by atoms with Crippen LogP contribution >= 0.6 is 0 Å². The topological polar surface area (TPSA) is 97.0 Å². The van der Waals surface area contributed by atoms with Crippen molar-refractivity contribution in [3.05, 3.63) is 65.7 Å². The minimum absolute atomic E-state index is 0.153. The summed E-state index contributed by atoms with van der Waals surface area (Å²) in [5.41, 5.74) is 2.69. The minimum atomic E-state index is -0.438. The molecule has 0 bridgehead atoms. The van der Waals surface area contributed by atoms with Gasteiger partial charge in [0.2, 0.25) is 17.7 Å². The first-order chi connectivity index (χ1) is 15.0. The van der Waals surface area contributed by atoms with Gasteiger partial charge in [-0.1, -0.05) is 48.0 Å². The number of ether oxygens (including phenoxy) is 2. The number of nitrogens with one attached hydrogen (secondary N) is 2. The normalized spacial score (nSPS) is 10.4. The molecule has 0 heterocycles. The highest BCUT2D eigenvalue weighted by Gasteiger charge is 2.17. The molecule has 0 saturated heterocycles. The number of amides is 3. The van der Waals surface area contributed by atoms with E-state index in [-0.39, 0.29) is 44.7 Å². The van der Waals surface area contributed by atoms with Crippen LogP contribution in [0.1, 0.15) is 11.1 Å². The zero-order chi connectivity index (χ0) is 22.5. The Balaban J connectivity index is 1.77. The lowest BCUT2D eigenvalue weighted by molar-refractivity contribution is -0.141. The van der Waals surface area contributed by atoms with Crippen LogP contribution in [0.15, 0.2) is 54.6 Å². The molecule has 0 aliphatic heterocycles. The smallest absolute Gasteiger partial charge is 0.249 e. The maximum Gasteiger partial charge on any atom is 0.249 e. The largest absolute Gasteiger partial charge is 0.383 e. The summed E-state index contributed by atoms with van der Waals surface area (Å²) in [5.74, 6) is -1.11. The molecule has 0 saturated carbocycles. The fourth-order valence-electron chi connectivity index (χ4n) is 2.67. The van der Waals surface area contributed by atoms with E-state index in [1.54, 1.807) is 12.1 Å². The third-order valence-electron chi connectivity index (χ3n) is 4.37. The van der Waals surface area contributed by atoms with Gasteiger partial charge in [-0.05, 0) is 24.6 Å². The molecule has 8 heteroatoms. The van der Waals surface area contributed by atoms with Crippen molar-refractivity contribution in [2.45, 2.75) is 13.5 Å². The molecule has 2 rings (SSSR count). The number of hydrogen-bond acceptors (Lipinski definition) is 5. The Morgan fingerprint density at radius 2 is 1.68 bits per heavy atom. The number of nitrogens with zero attached hydrogens (tertiary/aromatic N) is 1. The van der Waals surface area contributed by atoms with Crippen LogP contribution in [0.25, 0.3) is 0 Å². The Morgan fingerprint density at radius 3 is 2.35 bits per heavy atom. The zero-order valence-electron chi connectivity index (χ0n) is 17.9. The van der Waals surface area contributed by atoms with E-state index in [0.29, 0.717) is 12.3 Å². The van der Waals surface area contributed by atoms with E-state index in [0.717, 1.165) is 11.1 Å². The molecule has 2 N–H and O–H groups in total. The van der Waals surface area contributed by atoms with Gasteiger partial charge < -0.3 is 25.0 Å². The molecule has 8 nitrogen and oxygen atoms in total. The molecule has 0 spiro atoms. The van der Waals surface area contributed by atoms with Crippen molar-refractivity contribution in [3.8, 4) is 0 Å². The van der Waals surface area contributed by atoms with E-state index >= 15 is 0 Å². The van der Waals surface area contributed by atoms with Crippen molar-refractivity contribution in [1.29, 1.82) is 0 Å². The lowest BCUT2D eigenvalue weighted by Gasteiger charge is -2.22. The predicted octanol–water partition coefficient (Wildman–Crippen LogP) is 1.74. The average Bonchev–Trinajstić information content (AvgIpc) is 2.77. The second kappa shape index (κ2) is 13.1. The highest BCUT2D eigenvalue weighted by molar-refractivity contribution is 5.95. The number of anilines is 1. The van der Waals surface area contributed by atoms with Crippen molar-refractivity contribution < 1.29 is 23.9 Å². The number of aryl methyl sites for hydroxylation is 1. The molecule has 2 aromatic carbocycles. The maximum atomic E-state index is 12.5. The number of hydrogen-bond donors (Lipinski definition) is 2. The van der Waals surface area contributed by atoms with Gasteiger partial charge in [-0.3, -0.25) is 14.4 Å². The van der Waals surface area contributed by atoms with Gasteiger partial charge in [-0.25, -0.2) is 0 Å². The number of carbonyl (C=O) groups excluding carboxylic acids is 3. The molecule has 0 radical (unpaired) electrons. The number of rotatable bonds is 12. The van der Waals surface area contributed by atoms with Crippen molar-refractivity contribution in [2.75, 3.05) is 45.3 Å². The van der Waals surface area contributed by atoms with E-state index in [2.05, 4.69) is 10.6 Å². The molecule has 31 heavy (non-hydrogen) atoms. The van der Waals surface area contributed by atoms with Crippen LogP contribution in [0, 0.1) is 6.92 Å². The fourth-order valence-corrected chi connectivity index (χ4v) is 2.67. The molecular formula is C23H29N3O5. The number of carbonyl (C=O) groups is 3. The molecule has 0 unspecified atom stereocenters. The summed E-state index contributed by atoms with van der Waals surface area (Å²) in [6, 6.07) is 16.8. The monoisotopic (exact) mass is 427 g/mol. The highest BCUT2D eigenvalue weighted by atomic mass is 16.5. The van der Waals surface area contributed by atoms with Gasteiger partial charge in [-0.2, -0.15) is 0 Å². The fraction of sp³-hybridized carbons (Fsp3) is 0.348. The molecule has 0 aromatic heterocycles. The second-order valence-electron chi connectivity index (χ2n) is 6.98. The molecule has 0 atom stereocenters. The zero-order valence-corrected chi connectivity index (χ0v) is 17.9. The summed E-state index contributed by atoms with van der Waals surface area (Å²) in [4.78, 5) is 38.1. The summed E-state index contributed by atoms with van der Waals surface area (Å²) in [6.45, 7) is 2.25. The van der Waals surface area contributed by atoms with Crippen molar-refractivity contribution >= 4 is 23.4 Å². The van der Waals surface area contributed by atoms with Crippen LogP contribution in [0.5, 0.6) is 0 Å². The Kier molecular flexibility index (Phi) is 10.2. The summed E-state index contributed by atoms with van der Waals surface area (Å²) < 4.78 is 10.5. The van der Waals surface area contributed by atoms with Crippen LogP contribution in [-0.4, -0.2) is 62.6 Å².